The number of likely N-dealkylation sites (N-methyl/N-ethyl adjacent to an activating group) is 1. The minimum Gasteiger partial charge on any atom is -0.315 e. The molecule has 0 aromatic carbocycles. The molecule has 0 saturated carbocycles. The van der Waals surface area contributed by atoms with Crippen LogP contribution in [0.25, 0.3) is 0 Å². The lowest BCUT2D eigenvalue weighted by Crippen LogP contribution is -2.30. The number of fused-ring (bicyclic) bond motifs is 1. The fourth-order valence-electron chi connectivity index (χ4n) is 2.06. The summed E-state index contributed by atoms with van der Waals surface area (Å²) in [5, 5.41) is 3.41. The van der Waals surface area contributed by atoms with E-state index < -0.39 is 0 Å². The predicted molar refractivity (Wildman–Crippen MR) is 37.4 cm³/mol. The van der Waals surface area contributed by atoms with Gasteiger partial charge in [-0.25, -0.2) is 0 Å². The van der Waals surface area contributed by atoms with E-state index in [1.807, 2.05) is 0 Å². The zero-order valence-corrected chi connectivity index (χ0v) is 5.93. The van der Waals surface area contributed by atoms with Crippen LogP contribution in [0.5, 0.6) is 0 Å². The summed E-state index contributed by atoms with van der Waals surface area (Å²) >= 11 is 0. The maximum atomic E-state index is 3.41. The lowest BCUT2D eigenvalue weighted by molar-refractivity contribution is 0.308. The first kappa shape index (κ1) is 5.69. The number of hydrogen-bond donors (Lipinski definition) is 1. The van der Waals surface area contributed by atoms with Crippen LogP contribution in [0.4, 0.5) is 0 Å². The Morgan fingerprint density at radius 3 is 3.11 bits per heavy atom. The van der Waals surface area contributed by atoms with E-state index in [9.17, 15) is 0 Å². The summed E-state index contributed by atoms with van der Waals surface area (Å²) in [5.41, 5.74) is 0. The zero-order valence-electron chi connectivity index (χ0n) is 5.93. The van der Waals surface area contributed by atoms with E-state index in [1.54, 1.807) is 0 Å². The maximum Gasteiger partial charge on any atom is 0.0258 e. The van der Waals surface area contributed by atoms with Gasteiger partial charge in [0.2, 0.25) is 0 Å². The van der Waals surface area contributed by atoms with E-state index >= 15 is 0 Å². The van der Waals surface area contributed by atoms with Crippen molar-refractivity contribution in [2.75, 3.05) is 26.7 Å². The predicted octanol–water partition coefficient (Wildman–Crippen LogP) is -0.0901. The molecule has 2 atom stereocenters. The third-order valence-electron chi connectivity index (χ3n) is 2.72. The summed E-state index contributed by atoms with van der Waals surface area (Å²) in [5.74, 6) is 0.968. The molecule has 2 heterocycles. The van der Waals surface area contributed by atoms with Crippen molar-refractivity contribution in [1.82, 2.24) is 10.2 Å². The molecule has 0 bridgehead atoms. The summed E-state index contributed by atoms with van der Waals surface area (Å²) in [6.45, 7) is 3.80. The minimum absolute atomic E-state index is 0.866. The molecule has 2 nitrogen and oxygen atoms in total. The first-order valence-corrected chi connectivity index (χ1v) is 3.79. The molecule has 52 valence electrons. The first-order valence-electron chi connectivity index (χ1n) is 3.79. The number of hydrogen-bond acceptors (Lipinski definition) is 2. The van der Waals surface area contributed by atoms with Gasteiger partial charge in [-0.1, -0.05) is 0 Å². The maximum absolute atomic E-state index is 3.41. The van der Waals surface area contributed by atoms with Gasteiger partial charge in [0.05, 0.1) is 0 Å². The SMILES string of the molecule is CN1CCC2CNC[C@@H]21. The Labute approximate surface area is 56.2 Å². The molecule has 2 saturated heterocycles. The van der Waals surface area contributed by atoms with Crippen molar-refractivity contribution >= 4 is 0 Å². The van der Waals surface area contributed by atoms with Crippen LogP contribution in [0.15, 0.2) is 0 Å². The highest BCUT2D eigenvalue weighted by molar-refractivity contribution is 4.92. The highest BCUT2D eigenvalue weighted by Crippen LogP contribution is 2.24. The van der Waals surface area contributed by atoms with Gasteiger partial charge >= 0.3 is 0 Å². The summed E-state index contributed by atoms with van der Waals surface area (Å²) in [4.78, 5) is 2.48. The van der Waals surface area contributed by atoms with Crippen molar-refractivity contribution in [2.45, 2.75) is 12.5 Å². The average Bonchev–Trinajstić information content (AvgIpc) is 2.35. The van der Waals surface area contributed by atoms with E-state index in [0.29, 0.717) is 0 Å². The molecule has 2 aliphatic heterocycles. The number of likely N-dealkylation sites (tertiary alicyclic amines) is 1. The monoisotopic (exact) mass is 126 g/mol. The summed E-state index contributed by atoms with van der Waals surface area (Å²) < 4.78 is 0. The van der Waals surface area contributed by atoms with Gasteiger partial charge in [-0.05, 0) is 32.5 Å². The van der Waals surface area contributed by atoms with Crippen LogP contribution >= 0.6 is 0 Å². The fourth-order valence-corrected chi connectivity index (χ4v) is 2.06. The fraction of sp³-hybridized carbons (Fsp3) is 1.00. The zero-order chi connectivity index (χ0) is 6.27. The Hall–Kier alpha value is -0.0800. The lowest BCUT2D eigenvalue weighted by Gasteiger charge is -2.16. The molecule has 2 fully saturated rings. The Kier molecular flexibility index (Phi) is 1.24. The number of nitrogens with zero attached hydrogens (tertiary/aromatic N) is 1. The molecule has 0 amide bonds. The van der Waals surface area contributed by atoms with Gasteiger partial charge in [0.1, 0.15) is 0 Å². The van der Waals surface area contributed by atoms with Crippen LogP contribution in [-0.2, 0) is 0 Å². The second kappa shape index (κ2) is 1.96. The first-order chi connectivity index (χ1) is 4.38. The normalized spacial score (nSPS) is 43.7. The van der Waals surface area contributed by atoms with Crippen molar-refractivity contribution in [2.24, 2.45) is 5.92 Å². The molecule has 9 heavy (non-hydrogen) atoms. The van der Waals surface area contributed by atoms with E-state index in [4.69, 9.17) is 0 Å². The van der Waals surface area contributed by atoms with E-state index in [-0.39, 0.29) is 0 Å². The Morgan fingerprint density at radius 2 is 2.33 bits per heavy atom. The molecule has 0 aromatic heterocycles. The van der Waals surface area contributed by atoms with Gasteiger partial charge in [0.15, 0.2) is 0 Å². The number of nitrogens with one attached hydrogen (secondary N) is 1. The molecule has 1 unspecified atom stereocenters. The van der Waals surface area contributed by atoms with Crippen LogP contribution in [0.3, 0.4) is 0 Å². The van der Waals surface area contributed by atoms with E-state index in [2.05, 4.69) is 17.3 Å². The standard InChI is InChI=1S/C7H14N2/c1-9-3-2-6-4-8-5-7(6)9/h6-8H,2-5H2,1H3/t6?,7-/m0/s1. The molecule has 2 aliphatic rings. The van der Waals surface area contributed by atoms with Crippen LogP contribution < -0.4 is 5.32 Å². The average molecular weight is 126 g/mol. The Morgan fingerprint density at radius 1 is 1.44 bits per heavy atom. The third kappa shape index (κ3) is 0.775. The molecule has 2 rings (SSSR count). The quantitative estimate of drug-likeness (QED) is 0.488. The van der Waals surface area contributed by atoms with Gasteiger partial charge in [-0.2, -0.15) is 0 Å². The van der Waals surface area contributed by atoms with Crippen LogP contribution in [0.2, 0.25) is 0 Å². The number of rotatable bonds is 0. The van der Waals surface area contributed by atoms with E-state index in [0.717, 1.165) is 12.0 Å². The minimum atomic E-state index is 0.866. The topological polar surface area (TPSA) is 15.3 Å². The van der Waals surface area contributed by atoms with Crippen molar-refractivity contribution in [3.05, 3.63) is 0 Å². The molecule has 2 heteroatoms. The van der Waals surface area contributed by atoms with Crippen LogP contribution in [-0.4, -0.2) is 37.6 Å². The van der Waals surface area contributed by atoms with Gasteiger partial charge < -0.3 is 10.2 Å². The molecular weight excluding hydrogens is 112 g/mol. The molecule has 0 aromatic rings. The second-order valence-corrected chi connectivity index (χ2v) is 3.25. The van der Waals surface area contributed by atoms with Gasteiger partial charge in [-0.3, -0.25) is 0 Å². The molecule has 1 N–H and O–H groups in total. The molecule has 0 aliphatic carbocycles. The van der Waals surface area contributed by atoms with Gasteiger partial charge in [-0.15, -0.1) is 0 Å². The Balaban J connectivity index is 2.07. The van der Waals surface area contributed by atoms with Crippen LogP contribution in [0, 0.1) is 5.92 Å². The molecule has 0 spiro atoms. The largest absolute Gasteiger partial charge is 0.315 e. The van der Waals surface area contributed by atoms with Crippen LogP contribution in [0.1, 0.15) is 6.42 Å². The Bertz CT molecular complexity index is 113. The van der Waals surface area contributed by atoms with Crippen molar-refractivity contribution in [3.63, 3.8) is 0 Å². The van der Waals surface area contributed by atoms with Crippen molar-refractivity contribution in [3.8, 4) is 0 Å². The summed E-state index contributed by atoms with van der Waals surface area (Å²) in [6.07, 6.45) is 1.41. The van der Waals surface area contributed by atoms with Crippen molar-refractivity contribution < 1.29 is 0 Å². The summed E-state index contributed by atoms with van der Waals surface area (Å²) in [6, 6.07) is 0.866. The van der Waals surface area contributed by atoms with E-state index in [1.165, 1.54) is 26.1 Å². The third-order valence-corrected chi connectivity index (χ3v) is 2.72. The van der Waals surface area contributed by atoms with Crippen molar-refractivity contribution in [1.29, 1.82) is 0 Å². The smallest absolute Gasteiger partial charge is 0.0258 e. The highest BCUT2D eigenvalue weighted by atomic mass is 15.2. The summed E-state index contributed by atoms with van der Waals surface area (Å²) in [7, 11) is 2.23. The second-order valence-electron chi connectivity index (χ2n) is 3.25. The van der Waals surface area contributed by atoms with Gasteiger partial charge in [0, 0.05) is 12.6 Å². The van der Waals surface area contributed by atoms with Gasteiger partial charge in [0.25, 0.3) is 0 Å². The highest BCUT2D eigenvalue weighted by Gasteiger charge is 2.34. The lowest BCUT2D eigenvalue weighted by atomic mass is 10.1. The molecular formula is C7H14N2. The molecule has 0 radical (unpaired) electrons.